The monoisotopic (exact) mass is 323 g/mol. The first-order chi connectivity index (χ1) is 9.15. The van der Waals surface area contributed by atoms with E-state index >= 15 is 0 Å². The molecule has 0 saturated heterocycles. The maximum Gasteiger partial charge on any atom is 0.128 e. The highest BCUT2D eigenvalue weighted by atomic mass is 79.9. The fourth-order valence-electron chi connectivity index (χ4n) is 4.77. The summed E-state index contributed by atoms with van der Waals surface area (Å²) in [7, 11) is 0. The van der Waals surface area contributed by atoms with E-state index in [0.29, 0.717) is 6.04 Å². The second-order valence-corrected chi connectivity index (χ2v) is 7.48. The van der Waals surface area contributed by atoms with Crippen LogP contribution in [0, 0.1) is 29.5 Å². The van der Waals surface area contributed by atoms with Gasteiger partial charge in [0.25, 0.3) is 0 Å². The number of hydrogen-bond acceptors (Lipinski definition) is 1. The molecule has 5 unspecified atom stereocenters. The van der Waals surface area contributed by atoms with Gasteiger partial charge in [-0.1, -0.05) is 15.9 Å². The second-order valence-electron chi connectivity index (χ2n) is 6.57. The quantitative estimate of drug-likeness (QED) is 0.875. The van der Waals surface area contributed by atoms with Gasteiger partial charge in [0.05, 0.1) is 0 Å². The van der Waals surface area contributed by atoms with Crippen LogP contribution >= 0.6 is 15.9 Å². The number of halogens is 2. The third kappa shape index (κ3) is 1.89. The summed E-state index contributed by atoms with van der Waals surface area (Å²) in [5, 5.41) is 3.68. The van der Waals surface area contributed by atoms with E-state index in [1.165, 1.54) is 19.3 Å². The van der Waals surface area contributed by atoms with Crippen LogP contribution in [0.25, 0.3) is 0 Å². The minimum Gasteiger partial charge on any atom is -0.307 e. The Hall–Kier alpha value is -0.410. The third-order valence-electron chi connectivity index (χ3n) is 5.60. The lowest BCUT2D eigenvalue weighted by Gasteiger charge is -2.18. The van der Waals surface area contributed by atoms with Crippen LogP contribution in [0.1, 0.15) is 37.8 Å². The predicted molar refractivity (Wildman–Crippen MR) is 77.2 cm³/mol. The molecular formula is C16H19BrFN. The Morgan fingerprint density at radius 1 is 1.26 bits per heavy atom. The number of rotatable bonds is 3. The van der Waals surface area contributed by atoms with Crippen molar-refractivity contribution in [3.05, 3.63) is 34.1 Å². The van der Waals surface area contributed by atoms with E-state index in [0.717, 1.165) is 33.7 Å². The van der Waals surface area contributed by atoms with E-state index in [1.807, 2.05) is 6.07 Å². The fraction of sp³-hybridized carbons (Fsp3) is 0.625. The Morgan fingerprint density at radius 3 is 2.63 bits per heavy atom. The first-order valence-corrected chi connectivity index (χ1v) is 8.15. The molecule has 3 aliphatic rings. The van der Waals surface area contributed by atoms with Gasteiger partial charge >= 0.3 is 0 Å². The van der Waals surface area contributed by atoms with Gasteiger partial charge in [-0.25, -0.2) is 4.39 Å². The van der Waals surface area contributed by atoms with Crippen molar-refractivity contribution < 1.29 is 4.39 Å². The zero-order valence-corrected chi connectivity index (χ0v) is 12.7. The molecule has 0 aromatic heterocycles. The van der Waals surface area contributed by atoms with Gasteiger partial charge in [-0.2, -0.15) is 0 Å². The standard InChI is InChI=1S/C16H19BrFN/c1-8(12-7-11(17)4-5-13(12)18)19-16-14-9-2-3-10(6-9)15(14)16/h4-5,7-10,14-16,19H,2-3,6H2,1H3. The van der Waals surface area contributed by atoms with Crippen LogP contribution in [0.4, 0.5) is 4.39 Å². The molecular weight excluding hydrogens is 305 g/mol. The Balaban J connectivity index is 1.48. The van der Waals surface area contributed by atoms with E-state index in [4.69, 9.17) is 0 Å². The van der Waals surface area contributed by atoms with Gasteiger partial charge in [0.1, 0.15) is 5.82 Å². The Bertz CT molecular complexity index is 501. The SMILES string of the molecule is CC(NC1C2C3CCC(C3)C12)c1cc(Br)ccc1F. The molecule has 3 heteroatoms. The third-order valence-corrected chi connectivity index (χ3v) is 6.10. The highest BCUT2D eigenvalue weighted by Gasteiger charge is 2.64. The summed E-state index contributed by atoms with van der Waals surface area (Å²) in [5.74, 6) is 3.63. The Morgan fingerprint density at radius 2 is 1.95 bits per heavy atom. The number of fused-ring (bicyclic) bond motifs is 5. The van der Waals surface area contributed by atoms with Gasteiger partial charge in [-0.05, 0) is 68.1 Å². The molecule has 1 aromatic rings. The van der Waals surface area contributed by atoms with Crippen LogP contribution in [0.15, 0.2) is 22.7 Å². The van der Waals surface area contributed by atoms with Crippen LogP contribution in [-0.4, -0.2) is 6.04 Å². The van der Waals surface area contributed by atoms with E-state index in [2.05, 4.69) is 28.2 Å². The lowest BCUT2D eigenvalue weighted by atomic mass is 10.0. The van der Waals surface area contributed by atoms with Gasteiger partial charge in [-0.15, -0.1) is 0 Å². The molecule has 5 atom stereocenters. The van der Waals surface area contributed by atoms with Crippen molar-refractivity contribution in [1.82, 2.24) is 5.32 Å². The van der Waals surface area contributed by atoms with Crippen LogP contribution in [0.3, 0.4) is 0 Å². The van der Waals surface area contributed by atoms with E-state index < -0.39 is 0 Å². The zero-order valence-electron chi connectivity index (χ0n) is 11.1. The molecule has 19 heavy (non-hydrogen) atoms. The Labute approximate surface area is 122 Å². The van der Waals surface area contributed by atoms with Gasteiger partial charge in [0.15, 0.2) is 0 Å². The smallest absolute Gasteiger partial charge is 0.128 e. The predicted octanol–water partition coefficient (Wildman–Crippen LogP) is 4.28. The molecule has 0 heterocycles. The minimum atomic E-state index is -0.100. The maximum atomic E-state index is 13.9. The average Bonchev–Trinajstić information content (AvgIpc) is 2.80. The minimum absolute atomic E-state index is 0.100. The molecule has 0 radical (unpaired) electrons. The molecule has 102 valence electrons. The molecule has 4 rings (SSSR count). The zero-order chi connectivity index (χ0) is 13.1. The van der Waals surface area contributed by atoms with Crippen molar-refractivity contribution in [3.8, 4) is 0 Å². The lowest BCUT2D eigenvalue weighted by Crippen LogP contribution is -2.26. The molecule has 0 amide bonds. The molecule has 1 aromatic carbocycles. The largest absolute Gasteiger partial charge is 0.307 e. The molecule has 3 aliphatic carbocycles. The van der Waals surface area contributed by atoms with Gasteiger partial charge in [0.2, 0.25) is 0 Å². The average molecular weight is 324 g/mol. The fourth-order valence-corrected chi connectivity index (χ4v) is 5.15. The van der Waals surface area contributed by atoms with Gasteiger partial charge in [0, 0.05) is 22.1 Å². The summed E-state index contributed by atoms with van der Waals surface area (Å²) in [6, 6.07) is 5.97. The first-order valence-electron chi connectivity index (χ1n) is 7.36. The number of benzene rings is 1. The van der Waals surface area contributed by atoms with Crippen molar-refractivity contribution in [2.24, 2.45) is 23.7 Å². The summed E-state index contributed by atoms with van der Waals surface area (Å²) < 4.78 is 14.8. The van der Waals surface area contributed by atoms with Crippen LogP contribution in [0.2, 0.25) is 0 Å². The van der Waals surface area contributed by atoms with Crippen molar-refractivity contribution in [1.29, 1.82) is 0 Å². The molecule has 3 fully saturated rings. The molecule has 0 spiro atoms. The van der Waals surface area contributed by atoms with Crippen molar-refractivity contribution in [2.75, 3.05) is 0 Å². The van der Waals surface area contributed by atoms with Crippen molar-refractivity contribution in [2.45, 2.75) is 38.3 Å². The number of nitrogens with one attached hydrogen (secondary N) is 1. The summed E-state index contributed by atoms with van der Waals surface area (Å²) in [5.41, 5.74) is 0.784. The van der Waals surface area contributed by atoms with Crippen LogP contribution in [-0.2, 0) is 0 Å². The van der Waals surface area contributed by atoms with Crippen LogP contribution < -0.4 is 5.32 Å². The molecule has 2 bridgehead atoms. The lowest BCUT2D eigenvalue weighted by molar-refractivity contribution is 0.426. The van der Waals surface area contributed by atoms with Crippen LogP contribution in [0.5, 0.6) is 0 Å². The highest BCUT2D eigenvalue weighted by Crippen LogP contribution is 2.65. The highest BCUT2D eigenvalue weighted by molar-refractivity contribution is 9.10. The molecule has 1 N–H and O–H groups in total. The topological polar surface area (TPSA) is 12.0 Å². The second kappa shape index (κ2) is 4.29. The molecule has 3 saturated carbocycles. The molecule has 1 nitrogen and oxygen atoms in total. The summed E-state index contributed by atoms with van der Waals surface area (Å²) in [6.45, 7) is 2.08. The summed E-state index contributed by atoms with van der Waals surface area (Å²) in [4.78, 5) is 0. The van der Waals surface area contributed by atoms with Gasteiger partial charge < -0.3 is 5.32 Å². The van der Waals surface area contributed by atoms with Gasteiger partial charge in [-0.3, -0.25) is 0 Å². The van der Waals surface area contributed by atoms with Crippen molar-refractivity contribution in [3.63, 3.8) is 0 Å². The molecule has 0 aliphatic heterocycles. The summed E-state index contributed by atoms with van der Waals surface area (Å²) >= 11 is 3.43. The van der Waals surface area contributed by atoms with Crippen molar-refractivity contribution >= 4 is 15.9 Å². The van der Waals surface area contributed by atoms with E-state index in [9.17, 15) is 4.39 Å². The summed E-state index contributed by atoms with van der Waals surface area (Å²) in [6.07, 6.45) is 4.33. The first kappa shape index (κ1) is 12.3. The normalized spacial score (nSPS) is 40.3. The maximum absolute atomic E-state index is 13.9. The Kier molecular flexibility index (Phi) is 2.79. The number of hydrogen-bond donors (Lipinski definition) is 1. The van der Waals surface area contributed by atoms with E-state index in [-0.39, 0.29) is 11.9 Å². The van der Waals surface area contributed by atoms with E-state index in [1.54, 1.807) is 12.1 Å².